The van der Waals surface area contributed by atoms with E-state index in [1.165, 1.54) is 19.3 Å². The van der Waals surface area contributed by atoms with Crippen molar-refractivity contribution < 1.29 is 9.53 Å². The predicted molar refractivity (Wildman–Crippen MR) is 89.9 cm³/mol. The Morgan fingerprint density at radius 2 is 2.09 bits per heavy atom. The average Bonchev–Trinajstić information content (AvgIpc) is 2.32. The summed E-state index contributed by atoms with van der Waals surface area (Å²) in [5.41, 5.74) is 5.38. The molecular weight excluding hydrogens is 280 g/mol. The van der Waals surface area contributed by atoms with Crippen LogP contribution in [0.25, 0.3) is 0 Å². The maximum atomic E-state index is 11.8. The van der Waals surface area contributed by atoms with E-state index < -0.39 is 11.7 Å². The van der Waals surface area contributed by atoms with Crippen molar-refractivity contribution in [3.05, 3.63) is 0 Å². The summed E-state index contributed by atoms with van der Waals surface area (Å²) in [6.45, 7) is 8.99. The molecule has 22 heavy (non-hydrogen) atoms. The van der Waals surface area contributed by atoms with Crippen LogP contribution in [0.2, 0.25) is 0 Å². The molecule has 128 valence electrons. The lowest BCUT2D eigenvalue weighted by Gasteiger charge is -2.25. The van der Waals surface area contributed by atoms with Crippen LogP contribution in [0.15, 0.2) is 4.99 Å². The minimum Gasteiger partial charge on any atom is -0.444 e. The van der Waals surface area contributed by atoms with Gasteiger partial charge in [0.1, 0.15) is 5.60 Å². The lowest BCUT2D eigenvalue weighted by molar-refractivity contribution is 0.0503. The topological polar surface area (TPSA) is 88.7 Å². The number of carbonyl (C=O) groups excluding carboxylic acids is 1. The molecule has 0 aliphatic heterocycles. The van der Waals surface area contributed by atoms with Crippen molar-refractivity contribution >= 4 is 12.1 Å². The van der Waals surface area contributed by atoms with Crippen LogP contribution in [0.4, 0.5) is 4.79 Å². The van der Waals surface area contributed by atoms with Crippen molar-refractivity contribution in [2.24, 2.45) is 16.6 Å². The van der Waals surface area contributed by atoms with E-state index >= 15 is 0 Å². The van der Waals surface area contributed by atoms with E-state index in [9.17, 15) is 4.79 Å². The zero-order chi connectivity index (χ0) is 16.6. The first-order chi connectivity index (χ1) is 10.3. The fourth-order valence-corrected chi connectivity index (χ4v) is 2.24. The van der Waals surface area contributed by atoms with Crippen LogP contribution in [-0.2, 0) is 4.74 Å². The van der Waals surface area contributed by atoms with Gasteiger partial charge in [0.25, 0.3) is 0 Å². The minimum absolute atomic E-state index is 0.0519. The number of hydrogen-bond acceptors (Lipinski definition) is 3. The molecule has 1 fully saturated rings. The van der Waals surface area contributed by atoms with E-state index in [0.717, 1.165) is 25.3 Å². The summed E-state index contributed by atoms with van der Waals surface area (Å²) >= 11 is 0. The second-order valence-electron chi connectivity index (χ2n) is 7.04. The summed E-state index contributed by atoms with van der Waals surface area (Å²) in [5.74, 6) is 1.19. The highest BCUT2D eigenvalue weighted by molar-refractivity contribution is 5.77. The van der Waals surface area contributed by atoms with Gasteiger partial charge in [-0.3, -0.25) is 4.99 Å². The number of nitrogens with one attached hydrogen (secondary N) is 2. The first-order valence-corrected chi connectivity index (χ1v) is 8.33. The van der Waals surface area contributed by atoms with Gasteiger partial charge in [-0.25, -0.2) is 4.79 Å². The van der Waals surface area contributed by atoms with Gasteiger partial charge in [-0.2, -0.15) is 0 Å². The number of nitrogens with zero attached hydrogens (tertiary/aromatic N) is 1. The van der Waals surface area contributed by atoms with E-state index in [0.29, 0.717) is 12.5 Å². The molecule has 1 rings (SSSR count). The molecule has 0 heterocycles. The number of ether oxygens (including phenoxy) is 1. The number of alkyl carbamates (subject to hydrolysis) is 1. The van der Waals surface area contributed by atoms with Crippen molar-refractivity contribution in [1.82, 2.24) is 10.6 Å². The molecule has 1 aliphatic rings. The Hall–Kier alpha value is -1.46. The lowest BCUT2D eigenvalue weighted by atomic mass is 9.85. The third-order valence-electron chi connectivity index (χ3n) is 3.64. The molecule has 1 aliphatic carbocycles. The van der Waals surface area contributed by atoms with E-state index in [1.807, 2.05) is 20.8 Å². The van der Waals surface area contributed by atoms with Crippen LogP contribution >= 0.6 is 0 Å². The van der Waals surface area contributed by atoms with Crippen molar-refractivity contribution in [2.75, 3.05) is 13.1 Å². The van der Waals surface area contributed by atoms with Crippen LogP contribution in [0.5, 0.6) is 0 Å². The maximum Gasteiger partial charge on any atom is 0.407 e. The fraction of sp³-hybridized carbons (Fsp3) is 0.875. The highest BCUT2D eigenvalue weighted by atomic mass is 16.6. The van der Waals surface area contributed by atoms with Crippen molar-refractivity contribution in [3.63, 3.8) is 0 Å². The van der Waals surface area contributed by atoms with Gasteiger partial charge in [0.15, 0.2) is 5.96 Å². The number of aliphatic imine (C=N–C) groups is 1. The zero-order valence-corrected chi connectivity index (χ0v) is 14.4. The smallest absolute Gasteiger partial charge is 0.407 e. The monoisotopic (exact) mass is 312 g/mol. The Morgan fingerprint density at radius 1 is 1.41 bits per heavy atom. The molecule has 0 spiro atoms. The second-order valence-corrected chi connectivity index (χ2v) is 7.04. The summed E-state index contributed by atoms with van der Waals surface area (Å²) < 4.78 is 5.28. The summed E-state index contributed by atoms with van der Waals surface area (Å²) in [7, 11) is 0. The van der Waals surface area contributed by atoms with Gasteiger partial charge in [0.2, 0.25) is 0 Å². The van der Waals surface area contributed by atoms with Gasteiger partial charge in [0, 0.05) is 6.54 Å². The largest absolute Gasteiger partial charge is 0.444 e. The lowest BCUT2D eigenvalue weighted by Crippen LogP contribution is -2.42. The quantitative estimate of drug-likeness (QED) is 0.497. The molecule has 1 unspecified atom stereocenters. The Kier molecular flexibility index (Phi) is 7.48. The molecule has 6 nitrogen and oxygen atoms in total. The van der Waals surface area contributed by atoms with Crippen LogP contribution in [0.1, 0.15) is 59.8 Å². The maximum absolute atomic E-state index is 11.8. The van der Waals surface area contributed by atoms with E-state index in [4.69, 9.17) is 10.5 Å². The number of rotatable bonds is 7. The van der Waals surface area contributed by atoms with Crippen molar-refractivity contribution in [1.29, 1.82) is 0 Å². The highest BCUT2D eigenvalue weighted by Crippen LogP contribution is 2.24. The molecule has 0 radical (unpaired) electrons. The molecule has 1 amide bonds. The first-order valence-electron chi connectivity index (χ1n) is 8.33. The number of guanidine groups is 1. The van der Waals surface area contributed by atoms with Gasteiger partial charge in [-0.1, -0.05) is 19.8 Å². The van der Waals surface area contributed by atoms with Crippen molar-refractivity contribution in [2.45, 2.75) is 71.4 Å². The van der Waals surface area contributed by atoms with Crippen LogP contribution in [0, 0.1) is 5.92 Å². The van der Waals surface area contributed by atoms with E-state index in [-0.39, 0.29) is 6.04 Å². The Labute approximate surface area is 134 Å². The summed E-state index contributed by atoms with van der Waals surface area (Å²) in [6, 6.07) is -0.0519. The number of nitrogens with two attached hydrogens (primary N) is 1. The minimum atomic E-state index is -0.493. The average molecular weight is 312 g/mol. The second kappa shape index (κ2) is 8.86. The first kappa shape index (κ1) is 18.6. The molecule has 0 aromatic carbocycles. The Balaban J connectivity index is 2.36. The van der Waals surface area contributed by atoms with Gasteiger partial charge < -0.3 is 21.1 Å². The Bertz CT molecular complexity index is 373. The highest BCUT2D eigenvalue weighted by Gasteiger charge is 2.19. The van der Waals surface area contributed by atoms with Gasteiger partial charge in [-0.15, -0.1) is 0 Å². The molecule has 0 aromatic heterocycles. The van der Waals surface area contributed by atoms with Gasteiger partial charge in [0.05, 0.1) is 12.6 Å². The standard InChI is InChI=1S/C16H32N4O2/c1-5-7-13(20-15(21)22-16(2,3)4)11-19-14(17)18-10-12-8-6-9-12/h12-13H,5-11H2,1-4H3,(H,20,21)(H3,17,18,19). The van der Waals surface area contributed by atoms with Crippen LogP contribution in [0.3, 0.4) is 0 Å². The van der Waals surface area contributed by atoms with Crippen LogP contribution < -0.4 is 16.4 Å². The normalized spacial score (nSPS) is 17.5. The third-order valence-corrected chi connectivity index (χ3v) is 3.64. The molecule has 0 bridgehead atoms. The van der Waals surface area contributed by atoms with E-state index in [2.05, 4.69) is 22.5 Å². The molecule has 0 aromatic rings. The zero-order valence-electron chi connectivity index (χ0n) is 14.4. The third kappa shape index (κ3) is 8.10. The summed E-state index contributed by atoms with van der Waals surface area (Å²) in [4.78, 5) is 16.2. The number of hydrogen-bond donors (Lipinski definition) is 3. The van der Waals surface area contributed by atoms with Crippen LogP contribution in [-0.4, -0.2) is 36.8 Å². The molecule has 6 heteroatoms. The van der Waals surface area contributed by atoms with Crippen molar-refractivity contribution in [3.8, 4) is 0 Å². The molecule has 4 N–H and O–H groups in total. The summed E-state index contributed by atoms with van der Waals surface area (Å²) in [5, 5.41) is 6.02. The number of amides is 1. The van der Waals surface area contributed by atoms with Gasteiger partial charge >= 0.3 is 6.09 Å². The fourth-order valence-electron chi connectivity index (χ4n) is 2.24. The number of carbonyl (C=O) groups is 1. The molecule has 0 saturated heterocycles. The Morgan fingerprint density at radius 3 is 2.59 bits per heavy atom. The summed E-state index contributed by atoms with van der Waals surface area (Å²) in [6.07, 6.45) is 5.28. The predicted octanol–water partition coefficient (Wildman–Crippen LogP) is 2.38. The van der Waals surface area contributed by atoms with Gasteiger partial charge in [-0.05, 0) is 46.0 Å². The van der Waals surface area contributed by atoms with E-state index in [1.54, 1.807) is 0 Å². The molecule has 1 atom stereocenters. The SMILES string of the molecule is CCCC(CN=C(N)NCC1CCC1)NC(=O)OC(C)(C)C. The molecule has 1 saturated carbocycles. The molecular formula is C16H32N4O2.